The van der Waals surface area contributed by atoms with Crippen LogP contribution >= 0.6 is 7.60 Å². The summed E-state index contributed by atoms with van der Waals surface area (Å²) in [5, 5.41) is 8.09. The van der Waals surface area contributed by atoms with Gasteiger partial charge in [-0.1, -0.05) is 32.9 Å². The van der Waals surface area contributed by atoms with Crippen LogP contribution in [0, 0.1) is 10.8 Å². The summed E-state index contributed by atoms with van der Waals surface area (Å²) in [7, 11) is -3.84. The van der Waals surface area contributed by atoms with E-state index in [2.05, 4.69) is 24.6 Å². The van der Waals surface area contributed by atoms with Crippen LogP contribution in [0.1, 0.15) is 68.2 Å². The Labute approximate surface area is 175 Å². The second-order valence-electron chi connectivity index (χ2n) is 8.27. The fraction of sp³-hybridized carbons (Fsp3) is 0.800. The number of esters is 1. The minimum absolute atomic E-state index is 0.0982. The first-order valence-electron chi connectivity index (χ1n) is 10.1. The van der Waals surface area contributed by atoms with Crippen molar-refractivity contribution in [3.8, 4) is 0 Å². The molecule has 0 bridgehead atoms. The minimum Gasteiger partial charge on any atom is -0.459 e. The molecule has 0 aromatic rings. The summed E-state index contributed by atoms with van der Waals surface area (Å²) >= 11 is 0. The summed E-state index contributed by atoms with van der Waals surface area (Å²) < 4.78 is 29.2. The normalized spacial score (nSPS) is 14.1. The van der Waals surface area contributed by atoms with E-state index < -0.39 is 24.8 Å². The molecular formula is C20H39N2O6P. The number of ether oxygens (including phenoxy) is 1. The fourth-order valence-electron chi connectivity index (χ4n) is 2.29. The molecule has 0 aliphatic carbocycles. The number of carbonyl (C=O) groups is 1. The highest BCUT2D eigenvalue weighted by Gasteiger charge is 2.44. The predicted octanol–water partition coefficient (Wildman–Crippen LogP) is 4.84. The number of hydrogen-bond acceptors (Lipinski definition) is 8. The largest absolute Gasteiger partial charge is 0.459 e. The second kappa shape index (κ2) is 12.5. The summed E-state index contributed by atoms with van der Waals surface area (Å²) in [6.45, 7) is 15.2. The molecule has 29 heavy (non-hydrogen) atoms. The van der Waals surface area contributed by atoms with E-state index in [0.29, 0.717) is 6.54 Å². The fourth-order valence-corrected chi connectivity index (χ4v) is 4.15. The highest BCUT2D eigenvalue weighted by Crippen LogP contribution is 2.55. The van der Waals surface area contributed by atoms with Gasteiger partial charge in [-0.25, -0.2) is 0 Å². The van der Waals surface area contributed by atoms with E-state index in [-0.39, 0.29) is 30.9 Å². The molecule has 0 saturated heterocycles. The smallest absolute Gasteiger partial charge is 0.345 e. The van der Waals surface area contributed by atoms with Crippen molar-refractivity contribution in [3.63, 3.8) is 0 Å². The number of carbonyl (C=O) groups excluding carboxylic acids is 1. The van der Waals surface area contributed by atoms with E-state index in [9.17, 15) is 9.36 Å². The van der Waals surface area contributed by atoms with Crippen molar-refractivity contribution in [1.82, 2.24) is 5.48 Å². The SMILES string of the molecule is CC/C=C\C(C)(C)CNOC(=N)CC(C(=O)OC(C)(C)C)P(=O)(OCC)OCC. The Morgan fingerprint density at radius 2 is 1.66 bits per heavy atom. The van der Waals surface area contributed by atoms with Gasteiger partial charge < -0.3 is 18.6 Å². The van der Waals surface area contributed by atoms with Crippen molar-refractivity contribution in [2.24, 2.45) is 5.41 Å². The molecule has 0 aliphatic heterocycles. The van der Waals surface area contributed by atoms with Crippen molar-refractivity contribution in [3.05, 3.63) is 12.2 Å². The second-order valence-corrected chi connectivity index (χ2v) is 10.5. The highest BCUT2D eigenvalue weighted by molar-refractivity contribution is 7.55. The van der Waals surface area contributed by atoms with Crippen molar-refractivity contribution >= 4 is 19.5 Å². The molecule has 1 unspecified atom stereocenters. The number of nitrogens with one attached hydrogen (secondary N) is 2. The summed E-state index contributed by atoms with van der Waals surface area (Å²) in [4.78, 5) is 18.0. The Morgan fingerprint density at radius 1 is 1.10 bits per heavy atom. The number of hydrogen-bond donors (Lipinski definition) is 2. The number of allylic oxidation sites excluding steroid dienone is 1. The lowest BCUT2D eigenvalue weighted by molar-refractivity contribution is -0.154. The summed E-state index contributed by atoms with van der Waals surface area (Å²) in [5.74, 6) is -1.00. The quantitative estimate of drug-likeness (QED) is 0.107. The molecular weight excluding hydrogens is 395 g/mol. The van der Waals surface area contributed by atoms with Gasteiger partial charge in [0.2, 0.25) is 5.90 Å². The van der Waals surface area contributed by atoms with Crippen LogP contribution in [0.15, 0.2) is 12.2 Å². The zero-order valence-electron chi connectivity index (χ0n) is 19.2. The zero-order valence-corrected chi connectivity index (χ0v) is 20.1. The Bertz CT molecular complexity index is 588. The van der Waals surface area contributed by atoms with Crippen LogP contribution in [-0.2, 0) is 28.0 Å². The Kier molecular flexibility index (Phi) is 12.0. The van der Waals surface area contributed by atoms with Gasteiger partial charge in [0, 0.05) is 6.54 Å². The molecule has 2 N–H and O–H groups in total. The lowest BCUT2D eigenvalue weighted by Gasteiger charge is -2.28. The maximum absolute atomic E-state index is 13.2. The zero-order chi connectivity index (χ0) is 22.7. The highest BCUT2D eigenvalue weighted by atomic mass is 31.2. The van der Waals surface area contributed by atoms with Gasteiger partial charge in [-0.05, 0) is 46.5 Å². The van der Waals surface area contributed by atoms with Gasteiger partial charge in [0.05, 0.1) is 19.6 Å². The maximum Gasteiger partial charge on any atom is 0.345 e. The Hall–Kier alpha value is -1.21. The average molecular weight is 435 g/mol. The molecule has 0 spiro atoms. The molecule has 0 radical (unpaired) electrons. The van der Waals surface area contributed by atoms with Crippen LogP contribution in [0.3, 0.4) is 0 Å². The van der Waals surface area contributed by atoms with Gasteiger partial charge >= 0.3 is 13.6 Å². The molecule has 0 aliphatic rings. The average Bonchev–Trinajstić information content (AvgIpc) is 2.56. The molecule has 9 heteroatoms. The molecule has 1 atom stereocenters. The monoisotopic (exact) mass is 434 g/mol. The lowest BCUT2D eigenvalue weighted by Crippen LogP contribution is -2.36. The van der Waals surface area contributed by atoms with E-state index in [4.69, 9.17) is 24.0 Å². The summed E-state index contributed by atoms with van der Waals surface area (Å²) in [6, 6.07) is 0. The Balaban J connectivity index is 5.25. The molecule has 8 nitrogen and oxygen atoms in total. The van der Waals surface area contributed by atoms with Crippen LogP contribution in [0.4, 0.5) is 0 Å². The third-order valence-corrected chi connectivity index (χ3v) is 5.98. The first kappa shape index (κ1) is 27.8. The van der Waals surface area contributed by atoms with Gasteiger partial charge in [-0.2, -0.15) is 5.48 Å². The third-order valence-electron chi connectivity index (χ3n) is 3.59. The standard InChI is InChI=1S/C20H39N2O6P/c1-9-12-13-20(7,8)15-22-28-17(21)14-16(18(23)27-19(4,5)6)29(24,25-10-2)26-11-3/h12-13,16,21-22H,9-11,14-15H2,1-8H3/b13-12-,21-17?. The molecule has 0 heterocycles. The van der Waals surface area contributed by atoms with Gasteiger partial charge in [-0.3, -0.25) is 14.8 Å². The van der Waals surface area contributed by atoms with Crippen LogP contribution in [-0.4, -0.2) is 42.9 Å². The van der Waals surface area contributed by atoms with Crippen molar-refractivity contribution in [2.45, 2.75) is 79.5 Å². The van der Waals surface area contributed by atoms with Crippen molar-refractivity contribution in [1.29, 1.82) is 5.41 Å². The van der Waals surface area contributed by atoms with Crippen LogP contribution < -0.4 is 5.48 Å². The molecule has 170 valence electrons. The van der Waals surface area contributed by atoms with Crippen LogP contribution in [0.5, 0.6) is 0 Å². The van der Waals surface area contributed by atoms with Gasteiger partial charge in [-0.15, -0.1) is 0 Å². The van der Waals surface area contributed by atoms with Crippen molar-refractivity contribution in [2.75, 3.05) is 19.8 Å². The minimum atomic E-state index is -3.84. The van der Waals surface area contributed by atoms with Gasteiger partial charge in [0.1, 0.15) is 5.60 Å². The van der Waals surface area contributed by atoms with E-state index >= 15 is 0 Å². The molecule has 0 fully saturated rings. The molecule has 0 saturated carbocycles. The first-order chi connectivity index (χ1) is 13.3. The van der Waals surface area contributed by atoms with E-state index in [0.717, 1.165) is 6.42 Å². The summed E-state index contributed by atoms with van der Waals surface area (Å²) in [6.07, 6.45) is 4.78. The molecule has 0 aromatic heterocycles. The van der Waals surface area contributed by atoms with E-state index in [1.165, 1.54) is 0 Å². The predicted molar refractivity (Wildman–Crippen MR) is 115 cm³/mol. The maximum atomic E-state index is 13.2. The van der Waals surface area contributed by atoms with E-state index in [1.54, 1.807) is 34.6 Å². The number of rotatable bonds is 13. The van der Waals surface area contributed by atoms with Gasteiger partial charge in [0.25, 0.3) is 0 Å². The molecule has 0 aromatic carbocycles. The van der Waals surface area contributed by atoms with E-state index in [1.807, 2.05) is 13.8 Å². The first-order valence-corrected chi connectivity index (χ1v) is 11.7. The van der Waals surface area contributed by atoms with Crippen molar-refractivity contribution < 1.29 is 28.0 Å². The molecule has 0 amide bonds. The topological polar surface area (TPSA) is 107 Å². The van der Waals surface area contributed by atoms with Crippen LogP contribution in [0.25, 0.3) is 0 Å². The number of hydroxylamine groups is 1. The summed E-state index contributed by atoms with van der Waals surface area (Å²) in [5.41, 5.74) is 0.499. The lowest BCUT2D eigenvalue weighted by atomic mass is 9.93. The Morgan fingerprint density at radius 3 is 2.10 bits per heavy atom. The third kappa shape index (κ3) is 11.5. The van der Waals surface area contributed by atoms with Crippen LogP contribution in [0.2, 0.25) is 0 Å². The van der Waals surface area contributed by atoms with Gasteiger partial charge in [0.15, 0.2) is 5.66 Å². The molecule has 0 rings (SSSR count).